The monoisotopic (exact) mass is 157 g/mol. The minimum absolute atomic E-state index is 0.472. The average Bonchev–Trinajstić information content (AvgIpc) is 2.36. The van der Waals surface area contributed by atoms with Gasteiger partial charge in [0.25, 0.3) is 0 Å². The summed E-state index contributed by atoms with van der Waals surface area (Å²) in [5.41, 5.74) is 0. The smallest absolute Gasteiger partial charge is 0.313 e. The van der Waals surface area contributed by atoms with Crippen LogP contribution in [0.2, 0.25) is 0 Å². The Bertz CT molecular complexity index is 220. The molecule has 1 rings (SSSR count). The number of thiazole rings is 1. The first-order valence-electron chi connectivity index (χ1n) is 2.84. The van der Waals surface area contributed by atoms with E-state index in [-0.39, 0.29) is 0 Å². The average molecular weight is 157 g/mol. The van der Waals surface area contributed by atoms with Gasteiger partial charge < -0.3 is 5.11 Å². The summed E-state index contributed by atoms with van der Waals surface area (Å²) in [6.07, 6.45) is 1.61. The van der Waals surface area contributed by atoms with E-state index < -0.39 is 11.9 Å². The van der Waals surface area contributed by atoms with Gasteiger partial charge in [0.2, 0.25) is 0 Å². The highest BCUT2D eigenvalue weighted by atomic mass is 32.1. The Hall–Kier alpha value is -0.900. The molecule has 0 aliphatic rings. The molecule has 0 amide bonds. The minimum Gasteiger partial charge on any atom is -0.481 e. The summed E-state index contributed by atoms with van der Waals surface area (Å²) in [5.74, 6) is -1.30. The lowest BCUT2D eigenvalue weighted by molar-refractivity contribution is -0.138. The number of hydrogen-bond donors (Lipinski definition) is 1. The van der Waals surface area contributed by atoms with E-state index in [1.807, 2.05) is 0 Å². The molecular formula is C6H7NO2S. The highest BCUT2D eigenvalue weighted by molar-refractivity contribution is 7.09. The lowest BCUT2D eigenvalue weighted by atomic mass is 10.2. The van der Waals surface area contributed by atoms with Gasteiger partial charge in [-0.2, -0.15) is 0 Å². The van der Waals surface area contributed by atoms with Crippen molar-refractivity contribution >= 4 is 17.3 Å². The van der Waals surface area contributed by atoms with E-state index in [4.69, 9.17) is 5.11 Å². The maximum atomic E-state index is 10.4. The van der Waals surface area contributed by atoms with Crippen molar-refractivity contribution in [2.45, 2.75) is 12.8 Å². The van der Waals surface area contributed by atoms with E-state index in [1.165, 1.54) is 11.3 Å². The Kier molecular flexibility index (Phi) is 2.01. The SMILES string of the molecule is CC(C(=O)O)c1nccs1. The van der Waals surface area contributed by atoms with Crippen LogP contribution in [-0.2, 0) is 4.79 Å². The molecule has 0 aliphatic heterocycles. The number of nitrogens with zero attached hydrogens (tertiary/aromatic N) is 1. The third-order valence-corrected chi connectivity index (χ3v) is 2.15. The molecule has 1 heterocycles. The first-order chi connectivity index (χ1) is 4.72. The van der Waals surface area contributed by atoms with Crippen LogP contribution < -0.4 is 0 Å². The molecule has 0 fully saturated rings. The third kappa shape index (κ3) is 1.33. The molecule has 54 valence electrons. The van der Waals surface area contributed by atoms with Crippen molar-refractivity contribution in [2.75, 3.05) is 0 Å². The van der Waals surface area contributed by atoms with Gasteiger partial charge in [-0.3, -0.25) is 4.79 Å². The summed E-state index contributed by atoms with van der Waals surface area (Å²) in [7, 11) is 0. The summed E-state index contributed by atoms with van der Waals surface area (Å²) in [4.78, 5) is 14.2. The molecule has 1 unspecified atom stereocenters. The molecular weight excluding hydrogens is 150 g/mol. The Morgan fingerprint density at radius 1 is 1.90 bits per heavy atom. The largest absolute Gasteiger partial charge is 0.481 e. The number of carboxylic acid groups (broad SMARTS) is 1. The maximum absolute atomic E-state index is 10.4. The highest BCUT2D eigenvalue weighted by Crippen LogP contribution is 2.16. The third-order valence-electron chi connectivity index (χ3n) is 1.19. The molecule has 1 atom stereocenters. The first-order valence-corrected chi connectivity index (χ1v) is 3.72. The zero-order valence-electron chi connectivity index (χ0n) is 5.44. The Labute approximate surface area is 62.3 Å². The maximum Gasteiger partial charge on any atom is 0.313 e. The summed E-state index contributed by atoms with van der Waals surface area (Å²) in [5, 5.41) is 11.0. The summed E-state index contributed by atoms with van der Waals surface area (Å²) in [6.45, 7) is 1.63. The van der Waals surface area contributed by atoms with Gasteiger partial charge >= 0.3 is 5.97 Å². The molecule has 1 N–H and O–H groups in total. The van der Waals surface area contributed by atoms with Gasteiger partial charge in [0.15, 0.2) is 0 Å². The molecule has 10 heavy (non-hydrogen) atoms. The second kappa shape index (κ2) is 2.79. The van der Waals surface area contributed by atoms with E-state index >= 15 is 0 Å². The van der Waals surface area contributed by atoms with Crippen LogP contribution in [0.3, 0.4) is 0 Å². The molecule has 4 heteroatoms. The standard InChI is InChI=1S/C6H7NO2S/c1-4(6(8)9)5-7-2-3-10-5/h2-4H,1H3,(H,8,9). The van der Waals surface area contributed by atoms with Gasteiger partial charge in [0.1, 0.15) is 10.9 Å². The van der Waals surface area contributed by atoms with Crippen molar-refractivity contribution in [1.82, 2.24) is 4.98 Å². The topological polar surface area (TPSA) is 50.2 Å². The predicted octanol–water partition coefficient (Wildman–Crippen LogP) is 1.33. The van der Waals surface area contributed by atoms with Crippen LogP contribution >= 0.6 is 11.3 Å². The number of carboxylic acids is 1. The summed E-state index contributed by atoms with van der Waals surface area (Å²) in [6, 6.07) is 0. The van der Waals surface area contributed by atoms with Crippen molar-refractivity contribution in [1.29, 1.82) is 0 Å². The van der Waals surface area contributed by atoms with E-state index in [0.29, 0.717) is 5.01 Å². The lowest BCUT2D eigenvalue weighted by Crippen LogP contribution is -2.06. The van der Waals surface area contributed by atoms with Gasteiger partial charge in [0, 0.05) is 11.6 Å². The van der Waals surface area contributed by atoms with Crippen molar-refractivity contribution in [3.63, 3.8) is 0 Å². The molecule has 0 radical (unpaired) electrons. The Morgan fingerprint density at radius 3 is 3.00 bits per heavy atom. The Morgan fingerprint density at radius 2 is 2.60 bits per heavy atom. The quantitative estimate of drug-likeness (QED) is 0.704. The van der Waals surface area contributed by atoms with Gasteiger partial charge in [-0.25, -0.2) is 4.98 Å². The molecule has 1 aromatic rings. The minimum atomic E-state index is -0.824. The Balaban J connectivity index is 2.77. The van der Waals surface area contributed by atoms with Crippen LogP contribution in [0.5, 0.6) is 0 Å². The van der Waals surface area contributed by atoms with Crippen molar-refractivity contribution in [2.24, 2.45) is 0 Å². The van der Waals surface area contributed by atoms with E-state index in [2.05, 4.69) is 4.98 Å². The normalized spacial score (nSPS) is 12.9. The number of aliphatic carboxylic acids is 1. The van der Waals surface area contributed by atoms with E-state index in [0.717, 1.165) is 0 Å². The number of aromatic nitrogens is 1. The van der Waals surface area contributed by atoms with Crippen LogP contribution in [-0.4, -0.2) is 16.1 Å². The van der Waals surface area contributed by atoms with E-state index in [1.54, 1.807) is 18.5 Å². The van der Waals surface area contributed by atoms with Crippen LogP contribution in [0, 0.1) is 0 Å². The predicted molar refractivity (Wildman–Crippen MR) is 38.2 cm³/mol. The zero-order valence-corrected chi connectivity index (χ0v) is 6.26. The second-order valence-electron chi connectivity index (χ2n) is 1.93. The molecule has 0 aliphatic carbocycles. The zero-order chi connectivity index (χ0) is 7.56. The van der Waals surface area contributed by atoms with Crippen LogP contribution in [0.15, 0.2) is 11.6 Å². The molecule has 1 aromatic heterocycles. The lowest BCUT2D eigenvalue weighted by Gasteiger charge is -1.98. The number of carbonyl (C=O) groups is 1. The highest BCUT2D eigenvalue weighted by Gasteiger charge is 2.15. The van der Waals surface area contributed by atoms with Gasteiger partial charge in [0.05, 0.1) is 0 Å². The van der Waals surface area contributed by atoms with Crippen LogP contribution in [0.4, 0.5) is 0 Å². The van der Waals surface area contributed by atoms with Crippen molar-refractivity contribution in [3.05, 3.63) is 16.6 Å². The van der Waals surface area contributed by atoms with Crippen molar-refractivity contribution in [3.8, 4) is 0 Å². The fraction of sp³-hybridized carbons (Fsp3) is 0.333. The van der Waals surface area contributed by atoms with Crippen LogP contribution in [0.1, 0.15) is 17.8 Å². The van der Waals surface area contributed by atoms with Gasteiger partial charge in [-0.15, -0.1) is 11.3 Å². The number of hydrogen-bond acceptors (Lipinski definition) is 3. The fourth-order valence-corrected chi connectivity index (χ4v) is 1.24. The van der Waals surface area contributed by atoms with Crippen molar-refractivity contribution < 1.29 is 9.90 Å². The summed E-state index contributed by atoms with van der Waals surface area (Å²) >= 11 is 1.37. The molecule has 0 bridgehead atoms. The molecule has 0 saturated heterocycles. The first kappa shape index (κ1) is 7.21. The van der Waals surface area contributed by atoms with Crippen LogP contribution in [0.25, 0.3) is 0 Å². The second-order valence-corrected chi connectivity index (χ2v) is 2.86. The molecule has 0 saturated carbocycles. The molecule has 0 aromatic carbocycles. The number of rotatable bonds is 2. The fourth-order valence-electron chi connectivity index (χ4n) is 0.554. The van der Waals surface area contributed by atoms with Gasteiger partial charge in [-0.05, 0) is 6.92 Å². The summed E-state index contributed by atoms with van der Waals surface area (Å²) < 4.78 is 0. The van der Waals surface area contributed by atoms with E-state index in [9.17, 15) is 4.79 Å². The molecule has 0 spiro atoms. The molecule has 3 nitrogen and oxygen atoms in total. The van der Waals surface area contributed by atoms with Gasteiger partial charge in [-0.1, -0.05) is 0 Å².